The number of aliphatic hydroxyl groups is 2. The van der Waals surface area contributed by atoms with Crippen LogP contribution in [-0.2, 0) is 71.5 Å². The van der Waals surface area contributed by atoms with E-state index in [9.17, 15) is 53.7 Å². The second kappa shape index (κ2) is 36.0. The first kappa shape index (κ1) is 72.0. The van der Waals surface area contributed by atoms with Crippen LogP contribution in [0.3, 0.4) is 0 Å². The summed E-state index contributed by atoms with van der Waals surface area (Å²) in [5.74, 6) is -9.65. The SMILES string of the molecule is CO[C@H]1C[C@@H]2CC[C@@H](C)[C@@](O)(O2)C(=O)C(=O)N2CCCC[C@H]2C(=O)O[C@H]([C@H](C)C[C@@H]2CC[C@@H](OCCOC(=O)OCCSSC[C@H](NC(C)=O)C(=O)O)[C@H](OC)C2)CC(=O)[C@H](C)/C=C(\C)[C@@H](O)[C@@H](OC)C(=O)[C@H](C)C[C@H](C)/C=C/C=CC=C1C. The molecule has 4 aliphatic rings. The number of ketones is 3. The summed E-state index contributed by atoms with van der Waals surface area (Å²) in [6, 6.07) is -2.24. The number of ether oxygens (including phenoxy) is 8. The van der Waals surface area contributed by atoms with E-state index in [0.29, 0.717) is 69.1 Å². The van der Waals surface area contributed by atoms with E-state index in [4.69, 9.17) is 37.9 Å². The van der Waals surface area contributed by atoms with E-state index in [0.717, 1.165) is 5.57 Å². The Bertz CT molecular complexity index is 2330. The van der Waals surface area contributed by atoms with Gasteiger partial charge in [0.25, 0.3) is 11.7 Å². The maximum absolute atomic E-state index is 14.6. The number of hydrogen-bond donors (Lipinski definition) is 4. The predicted octanol–water partition coefficient (Wildman–Crippen LogP) is 7.33. The number of Topliss-reactive ketones (excluding diaryl/α,β-unsaturated/α-hetero) is 3. The van der Waals surface area contributed by atoms with Crippen LogP contribution in [0.2, 0.25) is 0 Å². The molecule has 0 aromatic carbocycles. The van der Waals surface area contributed by atoms with Crippen molar-refractivity contribution < 1.29 is 91.6 Å². The Hall–Kier alpha value is -4.46. The third-order valence-electron chi connectivity index (χ3n) is 16.5. The normalized spacial score (nSPS) is 33.1. The number of cyclic esters (lactones) is 1. The van der Waals surface area contributed by atoms with Crippen LogP contribution in [-0.4, -0.2) is 187 Å². The number of carbonyl (C=O) groups is 8. The number of piperidine rings is 1. The molecule has 21 nitrogen and oxygen atoms in total. The Morgan fingerprint density at radius 1 is 0.845 bits per heavy atom. The Kier molecular flexibility index (Phi) is 30.9. The summed E-state index contributed by atoms with van der Waals surface area (Å²) in [4.78, 5) is 108. The number of nitrogens with one attached hydrogen (secondary N) is 1. The molecule has 0 aromatic rings. The highest BCUT2D eigenvalue weighted by atomic mass is 33.1. The van der Waals surface area contributed by atoms with Crippen molar-refractivity contribution in [3.8, 4) is 0 Å². The number of carbonyl (C=O) groups excluding carboxylic acids is 7. The van der Waals surface area contributed by atoms with Crippen LogP contribution in [0.15, 0.2) is 47.6 Å². The number of aliphatic hydroxyl groups excluding tert-OH is 1. The first-order chi connectivity index (χ1) is 39.8. The molecule has 0 aromatic heterocycles. The molecule has 0 spiro atoms. The zero-order valence-electron chi connectivity index (χ0n) is 51.0. The maximum atomic E-state index is 14.6. The number of aliphatic carboxylic acids is 1. The van der Waals surface area contributed by atoms with Crippen LogP contribution in [0, 0.1) is 35.5 Å². The van der Waals surface area contributed by atoms with Crippen molar-refractivity contribution in [2.75, 3.05) is 59.2 Å². The van der Waals surface area contributed by atoms with E-state index in [1.54, 1.807) is 48.0 Å². The van der Waals surface area contributed by atoms with E-state index in [2.05, 4.69) is 5.32 Å². The molecule has 16 atom stereocenters. The van der Waals surface area contributed by atoms with Crippen molar-refractivity contribution in [1.29, 1.82) is 0 Å². The fraction of sp³-hybridized carbons (Fsp3) is 0.738. The van der Waals surface area contributed by atoms with Crippen LogP contribution in [0.1, 0.15) is 132 Å². The Morgan fingerprint density at radius 2 is 1.57 bits per heavy atom. The molecule has 1 saturated carbocycles. The Labute approximate surface area is 503 Å². The summed E-state index contributed by atoms with van der Waals surface area (Å²) in [7, 11) is 7.01. The Balaban J connectivity index is 1.52. The van der Waals surface area contributed by atoms with Crippen molar-refractivity contribution in [3.63, 3.8) is 0 Å². The molecule has 0 radical (unpaired) electrons. The van der Waals surface area contributed by atoms with Gasteiger partial charge in [0.05, 0.1) is 31.0 Å². The van der Waals surface area contributed by atoms with Crippen molar-refractivity contribution in [2.24, 2.45) is 35.5 Å². The molecule has 3 fully saturated rings. The molecule has 2 bridgehead atoms. The topological polar surface area (TPSA) is 286 Å². The van der Waals surface area contributed by atoms with E-state index in [1.807, 2.05) is 51.2 Å². The molecule has 4 rings (SSSR count). The van der Waals surface area contributed by atoms with E-state index < -0.39 is 108 Å². The Morgan fingerprint density at radius 3 is 2.25 bits per heavy atom. The standard InChI is InChI=1S/C61H94N2O19S2/c1-36-17-13-12-14-18-37(2)50(75-9)33-45-22-20-42(7)61(74,82-45)56(68)57(69)63-24-16-15-19-47(63)59(72)81-51(34-48(65)38(3)30-41(6)54(67)55(77-11)53(66)40(5)29-36)39(4)31-44-21-23-49(52(32-44)76-10)78-25-26-79-60(73)80-27-28-83-84-35-46(58(70)71)62-43(8)64/h12-14,17-18,30,36,38-40,42,44-47,49-52,54-55,67,74H,15-16,19-29,31-35H2,1-11H3,(H,62,64)(H,70,71)/b14-12?,17-13+,37-18?,41-30+/t36-,38-,39-,40-,42-,44+,45+,46+,47+,49-,50+,51+,52-,54-,55+,61-/m1/s1. The van der Waals surface area contributed by atoms with Crippen molar-refractivity contribution >= 4 is 68.8 Å². The smallest absolute Gasteiger partial charge is 0.480 e. The summed E-state index contributed by atoms with van der Waals surface area (Å²) in [6.07, 6.45) is 9.78. The number of methoxy groups -OCH3 is 3. The second-order valence-electron chi connectivity index (χ2n) is 23.1. The zero-order valence-corrected chi connectivity index (χ0v) is 52.6. The summed E-state index contributed by atoms with van der Waals surface area (Å²) < 4.78 is 46.3. The number of nitrogens with zero attached hydrogens (tertiary/aromatic N) is 1. The molecular formula is C61H94N2O19S2. The van der Waals surface area contributed by atoms with Gasteiger partial charge < -0.3 is 63.4 Å². The van der Waals surface area contributed by atoms with E-state index in [1.165, 1.54) is 40.5 Å². The summed E-state index contributed by atoms with van der Waals surface area (Å²) in [5, 5.41) is 35.2. The molecule has 2 saturated heterocycles. The molecule has 4 N–H and O–H groups in total. The summed E-state index contributed by atoms with van der Waals surface area (Å²) in [5.41, 5.74) is 1.21. The molecule has 474 valence electrons. The zero-order chi connectivity index (χ0) is 62.3. The van der Waals surface area contributed by atoms with Gasteiger partial charge in [-0.3, -0.25) is 24.0 Å². The lowest BCUT2D eigenvalue weighted by atomic mass is 9.78. The number of carboxylic acids is 1. The fourth-order valence-electron chi connectivity index (χ4n) is 11.4. The first-order valence-corrected chi connectivity index (χ1v) is 32.0. The third-order valence-corrected chi connectivity index (χ3v) is 18.8. The molecule has 0 unspecified atom stereocenters. The minimum Gasteiger partial charge on any atom is -0.480 e. The van der Waals surface area contributed by atoms with Gasteiger partial charge in [-0.25, -0.2) is 14.4 Å². The summed E-state index contributed by atoms with van der Waals surface area (Å²) in [6.45, 7) is 13.8. The fourth-order valence-corrected chi connectivity index (χ4v) is 13.4. The van der Waals surface area contributed by atoms with Crippen LogP contribution in [0.5, 0.6) is 0 Å². The highest BCUT2D eigenvalue weighted by Crippen LogP contribution is 2.38. The lowest BCUT2D eigenvalue weighted by molar-refractivity contribution is -0.265. The quantitative estimate of drug-likeness (QED) is 0.0343. The van der Waals surface area contributed by atoms with Crippen LogP contribution in [0.25, 0.3) is 0 Å². The molecule has 1 aliphatic carbocycles. The monoisotopic (exact) mass is 1220 g/mol. The summed E-state index contributed by atoms with van der Waals surface area (Å²) >= 11 is 0. The van der Waals surface area contributed by atoms with Crippen molar-refractivity contribution in [3.05, 3.63) is 47.6 Å². The number of esters is 1. The van der Waals surface area contributed by atoms with Gasteiger partial charge in [0.15, 0.2) is 5.78 Å². The van der Waals surface area contributed by atoms with Gasteiger partial charge in [-0.05, 0) is 107 Å². The van der Waals surface area contributed by atoms with Gasteiger partial charge in [-0.15, -0.1) is 0 Å². The van der Waals surface area contributed by atoms with E-state index in [-0.39, 0.29) is 87.0 Å². The lowest BCUT2D eigenvalue weighted by Gasteiger charge is -2.42. The maximum Gasteiger partial charge on any atom is 0.508 e. The average molecular weight is 1220 g/mol. The van der Waals surface area contributed by atoms with Gasteiger partial charge >= 0.3 is 18.1 Å². The first-order valence-electron chi connectivity index (χ1n) is 29.5. The molecule has 2 amide bonds. The number of allylic oxidation sites excluding steroid dienone is 6. The largest absolute Gasteiger partial charge is 0.508 e. The highest BCUT2D eigenvalue weighted by molar-refractivity contribution is 8.76. The van der Waals surface area contributed by atoms with Gasteiger partial charge in [0, 0.05) is 76.9 Å². The highest BCUT2D eigenvalue weighted by Gasteiger charge is 2.53. The van der Waals surface area contributed by atoms with Crippen molar-refractivity contribution in [2.45, 2.75) is 193 Å². The third kappa shape index (κ3) is 22.0. The minimum atomic E-state index is -2.47. The van der Waals surface area contributed by atoms with Gasteiger partial charge in [0.1, 0.15) is 49.4 Å². The molecular weight excluding hydrogens is 1130 g/mol. The number of carboxylic acid groups (broad SMARTS) is 1. The molecule has 23 heteroatoms. The average Bonchev–Trinajstić information content (AvgIpc) is 3.59. The number of hydrogen-bond acceptors (Lipinski definition) is 20. The molecule has 3 aliphatic heterocycles. The number of amides is 2. The lowest BCUT2D eigenvalue weighted by Crippen LogP contribution is -2.61. The predicted molar refractivity (Wildman–Crippen MR) is 316 cm³/mol. The second-order valence-corrected chi connectivity index (χ2v) is 25.7. The number of rotatable bonds is 18. The van der Waals surface area contributed by atoms with Gasteiger partial charge in [-0.1, -0.05) is 92.7 Å². The van der Waals surface area contributed by atoms with Crippen LogP contribution < -0.4 is 5.32 Å². The van der Waals surface area contributed by atoms with Crippen molar-refractivity contribution in [1.82, 2.24) is 10.2 Å². The molecule has 84 heavy (non-hydrogen) atoms. The number of fused-ring (bicyclic) bond motifs is 3. The minimum absolute atomic E-state index is 0.0131. The van der Waals surface area contributed by atoms with Gasteiger partial charge in [0.2, 0.25) is 11.7 Å². The van der Waals surface area contributed by atoms with E-state index >= 15 is 0 Å². The van der Waals surface area contributed by atoms with Gasteiger partial charge in [-0.2, -0.15) is 0 Å². The van der Waals surface area contributed by atoms with Crippen LogP contribution in [0.4, 0.5) is 4.79 Å². The molecule has 3 heterocycles. The van der Waals surface area contributed by atoms with Crippen LogP contribution >= 0.6 is 21.6 Å².